The molecule has 1 nitrogen and oxygen atoms in total. The second kappa shape index (κ2) is 4.59. The Balaban J connectivity index is 2.55. The van der Waals surface area contributed by atoms with Gasteiger partial charge in [-0.2, -0.15) is 5.26 Å². The number of nitrogens with zero attached hydrogens (tertiary/aromatic N) is 1. The Morgan fingerprint density at radius 1 is 1.47 bits per heavy atom. The predicted octanol–water partition coefficient (Wildman–Crippen LogP) is 3.96. The summed E-state index contributed by atoms with van der Waals surface area (Å²) in [5.41, 5.74) is 6.48. The molecule has 17 heavy (non-hydrogen) atoms. The van der Waals surface area contributed by atoms with Crippen molar-refractivity contribution in [3.8, 4) is 6.07 Å². The van der Waals surface area contributed by atoms with E-state index in [4.69, 9.17) is 5.26 Å². The van der Waals surface area contributed by atoms with Gasteiger partial charge < -0.3 is 0 Å². The van der Waals surface area contributed by atoms with E-state index < -0.39 is 0 Å². The Kier molecular flexibility index (Phi) is 3.15. The van der Waals surface area contributed by atoms with Gasteiger partial charge in [0, 0.05) is 6.08 Å². The summed E-state index contributed by atoms with van der Waals surface area (Å²) in [7, 11) is 0. The third kappa shape index (κ3) is 2.03. The molecule has 0 heterocycles. The third-order valence-corrected chi connectivity index (χ3v) is 3.49. The highest BCUT2D eigenvalue weighted by molar-refractivity contribution is 5.77. The highest BCUT2D eigenvalue weighted by atomic mass is 14.3. The van der Waals surface area contributed by atoms with Crippen LogP contribution in [0.25, 0.3) is 5.57 Å². The largest absolute Gasteiger partial charge is 0.193 e. The number of hydrogen-bond acceptors (Lipinski definition) is 1. The van der Waals surface area contributed by atoms with E-state index in [0.29, 0.717) is 5.92 Å². The molecule has 1 unspecified atom stereocenters. The molecule has 0 saturated carbocycles. The molecule has 0 fully saturated rings. The van der Waals surface area contributed by atoms with E-state index in [2.05, 4.69) is 38.6 Å². The molecule has 1 atom stereocenters. The molecule has 0 bridgehead atoms. The number of allylic oxidation sites excluding steroid dienone is 3. The fraction of sp³-hybridized carbons (Fsp3) is 0.312. The Bertz CT molecular complexity index is 529. The molecule has 1 aromatic carbocycles. The van der Waals surface area contributed by atoms with Crippen LogP contribution in [0.15, 0.2) is 30.9 Å². The topological polar surface area (TPSA) is 23.8 Å². The maximum atomic E-state index is 8.92. The minimum absolute atomic E-state index is 0.433. The highest BCUT2D eigenvalue weighted by Gasteiger charge is 2.27. The fourth-order valence-corrected chi connectivity index (χ4v) is 2.78. The van der Waals surface area contributed by atoms with Gasteiger partial charge in [-0.25, -0.2) is 0 Å². The van der Waals surface area contributed by atoms with E-state index >= 15 is 0 Å². The van der Waals surface area contributed by atoms with E-state index in [1.807, 2.05) is 6.08 Å². The van der Waals surface area contributed by atoms with E-state index in [0.717, 1.165) is 12.8 Å². The van der Waals surface area contributed by atoms with Gasteiger partial charge in [-0.3, -0.25) is 0 Å². The lowest BCUT2D eigenvalue weighted by atomic mass is 9.96. The number of rotatable bonds is 2. The van der Waals surface area contributed by atoms with Crippen LogP contribution in [0.3, 0.4) is 0 Å². The van der Waals surface area contributed by atoms with Crippen LogP contribution < -0.4 is 0 Å². The maximum Gasteiger partial charge on any atom is 0.0915 e. The normalized spacial score (nSPS) is 20.1. The molecule has 86 valence electrons. The summed E-state index contributed by atoms with van der Waals surface area (Å²) in [4.78, 5) is 0. The van der Waals surface area contributed by atoms with E-state index in [1.54, 1.807) is 6.08 Å². The molecule has 1 aliphatic rings. The molecule has 1 aliphatic carbocycles. The monoisotopic (exact) mass is 223 g/mol. The second-order valence-corrected chi connectivity index (χ2v) is 4.76. The maximum absolute atomic E-state index is 8.92. The van der Waals surface area contributed by atoms with Gasteiger partial charge in [0.25, 0.3) is 0 Å². The van der Waals surface area contributed by atoms with Crippen LogP contribution in [0.1, 0.15) is 28.7 Å². The van der Waals surface area contributed by atoms with Gasteiger partial charge >= 0.3 is 0 Å². The zero-order valence-corrected chi connectivity index (χ0v) is 10.5. The Hall–Kier alpha value is -1.81. The lowest BCUT2D eigenvalue weighted by Gasteiger charge is -2.08. The van der Waals surface area contributed by atoms with E-state index in [1.165, 1.54) is 27.8 Å². The van der Waals surface area contributed by atoms with Crippen LogP contribution in [0.4, 0.5) is 0 Å². The number of aryl methyl sites for hydroxylation is 2. The molecule has 0 aromatic heterocycles. The van der Waals surface area contributed by atoms with Crippen molar-refractivity contribution in [2.75, 3.05) is 0 Å². The lowest BCUT2D eigenvalue weighted by Crippen LogP contribution is -1.96. The van der Waals surface area contributed by atoms with Gasteiger partial charge in [-0.1, -0.05) is 23.8 Å². The molecule has 0 amide bonds. The van der Waals surface area contributed by atoms with E-state index in [-0.39, 0.29) is 0 Å². The molecule has 1 heteroatoms. The van der Waals surface area contributed by atoms with E-state index in [9.17, 15) is 0 Å². The first-order chi connectivity index (χ1) is 8.17. The predicted molar refractivity (Wildman–Crippen MR) is 71.5 cm³/mol. The van der Waals surface area contributed by atoms with Crippen molar-refractivity contribution in [2.45, 2.75) is 26.7 Å². The standard InChI is InChI=1S/C16H17N/c1-4-5-13-10-15-12(3)8-11(2)9-16(15)14(13)6-7-17/h4,6,8-9,13H,1,5,10H2,2-3H3/b14-6-. The molecular weight excluding hydrogens is 206 g/mol. The summed E-state index contributed by atoms with van der Waals surface area (Å²) in [6.07, 6.45) is 5.64. The Labute approximate surface area is 103 Å². The van der Waals surface area contributed by atoms with Gasteiger partial charge in [-0.05, 0) is 54.9 Å². The minimum Gasteiger partial charge on any atom is -0.193 e. The van der Waals surface area contributed by atoms with Crippen molar-refractivity contribution in [3.63, 3.8) is 0 Å². The van der Waals surface area contributed by atoms with Crippen molar-refractivity contribution in [3.05, 3.63) is 53.1 Å². The Morgan fingerprint density at radius 3 is 2.88 bits per heavy atom. The molecule has 1 aromatic rings. The summed E-state index contributed by atoms with van der Waals surface area (Å²) in [6.45, 7) is 8.08. The molecule has 0 aliphatic heterocycles. The summed E-state index contributed by atoms with van der Waals surface area (Å²) in [6, 6.07) is 6.61. The molecule has 0 saturated heterocycles. The quantitative estimate of drug-likeness (QED) is 0.550. The highest BCUT2D eigenvalue weighted by Crippen LogP contribution is 2.40. The summed E-state index contributed by atoms with van der Waals surface area (Å²) in [5, 5.41) is 8.92. The van der Waals surface area contributed by atoms with Crippen molar-refractivity contribution in [2.24, 2.45) is 5.92 Å². The van der Waals surface area contributed by atoms with Gasteiger partial charge in [0.15, 0.2) is 0 Å². The first-order valence-electron chi connectivity index (χ1n) is 5.98. The van der Waals surface area contributed by atoms with Crippen molar-refractivity contribution in [1.29, 1.82) is 5.26 Å². The summed E-state index contributed by atoms with van der Waals surface area (Å²) < 4.78 is 0. The fourth-order valence-electron chi connectivity index (χ4n) is 2.78. The molecular formula is C16H17N. The minimum atomic E-state index is 0.433. The van der Waals surface area contributed by atoms with Crippen LogP contribution in [-0.2, 0) is 6.42 Å². The zero-order chi connectivity index (χ0) is 12.4. The zero-order valence-electron chi connectivity index (χ0n) is 10.5. The van der Waals surface area contributed by atoms with Gasteiger partial charge in [-0.15, -0.1) is 6.58 Å². The van der Waals surface area contributed by atoms with Gasteiger partial charge in [0.05, 0.1) is 6.07 Å². The van der Waals surface area contributed by atoms with Crippen molar-refractivity contribution in [1.82, 2.24) is 0 Å². The number of fused-ring (bicyclic) bond motifs is 1. The number of benzene rings is 1. The van der Waals surface area contributed by atoms with Crippen LogP contribution in [-0.4, -0.2) is 0 Å². The van der Waals surface area contributed by atoms with Gasteiger partial charge in [0.2, 0.25) is 0 Å². The first kappa shape index (κ1) is 11.7. The smallest absolute Gasteiger partial charge is 0.0915 e. The number of nitriles is 1. The molecule has 2 rings (SSSR count). The SMILES string of the molecule is C=CCC1Cc2c(C)cc(C)cc2/C1=C\C#N. The average Bonchev–Trinajstić information content (AvgIpc) is 2.59. The lowest BCUT2D eigenvalue weighted by molar-refractivity contribution is 0.706. The average molecular weight is 223 g/mol. The molecule has 0 radical (unpaired) electrons. The number of hydrogen-bond donors (Lipinski definition) is 0. The van der Waals surface area contributed by atoms with Crippen LogP contribution in [0.5, 0.6) is 0 Å². The molecule has 0 spiro atoms. The van der Waals surface area contributed by atoms with Crippen molar-refractivity contribution >= 4 is 5.57 Å². The Morgan fingerprint density at radius 2 is 2.24 bits per heavy atom. The van der Waals surface area contributed by atoms with Crippen LogP contribution in [0.2, 0.25) is 0 Å². The van der Waals surface area contributed by atoms with Crippen LogP contribution in [0, 0.1) is 31.1 Å². The second-order valence-electron chi connectivity index (χ2n) is 4.76. The summed E-state index contributed by atoms with van der Waals surface area (Å²) >= 11 is 0. The van der Waals surface area contributed by atoms with Crippen LogP contribution >= 0.6 is 0 Å². The summed E-state index contributed by atoms with van der Waals surface area (Å²) in [5.74, 6) is 0.433. The third-order valence-electron chi connectivity index (χ3n) is 3.49. The first-order valence-corrected chi connectivity index (χ1v) is 5.98. The van der Waals surface area contributed by atoms with Crippen molar-refractivity contribution < 1.29 is 0 Å². The van der Waals surface area contributed by atoms with Gasteiger partial charge in [0.1, 0.15) is 0 Å². The molecule has 0 N–H and O–H groups in total.